The van der Waals surface area contributed by atoms with E-state index in [1.165, 1.54) is 47.6 Å². The lowest BCUT2D eigenvalue weighted by Crippen LogP contribution is -2.30. The molecule has 0 saturated carbocycles. The second-order valence-corrected chi connectivity index (χ2v) is 9.54. The average Bonchev–Trinajstić information content (AvgIpc) is 2.62. The molecule has 0 aromatic heterocycles. The van der Waals surface area contributed by atoms with Gasteiger partial charge in [0, 0.05) is 30.4 Å². The maximum atomic E-state index is 12.5. The molecule has 0 unspecified atom stereocenters. The van der Waals surface area contributed by atoms with Gasteiger partial charge in [-0.1, -0.05) is 19.9 Å². The number of nitro benzene ring substituents is 1. The molecule has 11 heteroatoms. The third-order valence-electron chi connectivity index (χ3n) is 4.14. The molecule has 0 aliphatic heterocycles. The molecule has 28 heavy (non-hydrogen) atoms. The third-order valence-corrected chi connectivity index (χ3v) is 7.58. The normalized spacial score (nSPS) is 12.1. The van der Waals surface area contributed by atoms with E-state index in [0.29, 0.717) is 18.7 Å². The van der Waals surface area contributed by atoms with Gasteiger partial charge in [0.2, 0.25) is 10.0 Å². The van der Waals surface area contributed by atoms with Gasteiger partial charge in [0.05, 0.1) is 14.7 Å². The van der Waals surface area contributed by atoms with E-state index in [1.807, 2.05) is 0 Å². The zero-order chi connectivity index (χ0) is 21.1. The van der Waals surface area contributed by atoms with Crippen molar-refractivity contribution in [3.8, 4) is 0 Å². The molecule has 0 heterocycles. The van der Waals surface area contributed by atoms with Crippen LogP contribution in [0.1, 0.15) is 19.4 Å². The molecule has 0 saturated heterocycles. The smallest absolute Gasteiger partial charge is 0.273 e. The molecule has 2 rings (SSSR count). The van der Waals surface area contributed by atoms with Gasteiger partial charge in [0.15, 0.2) is 0 Å². The van der Waals surface area contributed by atoms with E-state index >= 15 is 0 Å². The van der Waals surface area contributed by atoms with E-state index in [1.54, 1.807) is 13.8 Å². The van der Waals surface area contributed by atoms with Crippen molar-refractivity contribution in [3.05, 3.63) is 58.1 Å². The van der Waals surface area contributed by atoms with Crippen LogP contribution in [-0.2, 0) is 20.0 Å². The third kappa shape index (κ3) is 4.49. The van der Waals surface area contributed by atoms with Crippen LogP contribution in [0, 0.1) is 17.0 Å². The van der Waals surface area contributed by atoms with Crippen LogP contribution in [0.15, 0.2) is 52.3 Å². The van der Waals surface area contributed by atoms with Crippen LogP contribution in [-0.4, -0.2) is 39.2 Å². The highest BCUT2D eigenvalue weighted by atomic mass is 32.2. The average molecular weight is 428 g/mol. The van der Waals surface area contributed by atoms with Gasteiger partial charge >= 0.3 is 0 Å². The van der Waals surface area contributed by atoms with Gasteiger partial charge in [-0.3, -0.25) is 14.8 Å². The molecule has 0 aliphatic carbocycles. The summed E-state index contributed by atoms with van der Waals surface area (Å²) in [6.45, 7) is 5.60. The molecule has 0 amide bonds. The van der Waals surface area contributed by atoms with Crippen molar-refractivity contribution in [1.82, 2.24) is 4.31 Å². The minimum absolute atomic E-state index is 0.0464. The monoisotopic (exact) mass is 427 g/mol. The first kappa shape index (κ1) is 21.8. The topological polar surface area (TPSA) is 127 Å². The van der Waals surface area contributed by atoms with Crippen molar-refractivity contribution >= 4 is 31.4 Å². The van der Waals surface area contributed by atoms with Crippen LogP contribution in [0.2, 0.25) is 0 Å². The molecule has 0 fully saturated rings. The first-order valence-electron chi connectivity index (χ1n) is 8.41. The van der Waals surface area contributed by atoms with Crippen molar-refractivity contribution in [3.63, 3.8) is 0 Å². The Labute approximate surface area is 164 Å². The Kier molecular flexibility index (Phi) is 6.42. The number of hydrogen-bond donors (Lipinski definition) is 1. The first-order chi connectivity index (χ1) is 13.0. The van der Waals surface area contributed by atoms with Crippen LogP contribution < -0.4 is 4.72 Å². The van der Waals surface area contributed by atoms with Crippen LogP contribution in [0.3, 0.4) is 0 Å². The Morgan fingerprint density at radius 2 is 1.50 bits per heavy atom. The number of nitro groups is 1. The fraction of sp³-hybridized carbons (Fsp3) is 0.294. The number of sulfonamides is 2. The molecular formula is C17H21N3O6S2. The first-order valence-corrected chi connectivity index (χ1v) is 11.3. The number of rotatable bonds is 8. The highest BCUT2D eigenvalue weighted by Crippen LogP contribution is 2.25. The molecule has 1 N–H and O–H groups in total. The molecule has 0 atom stereocenters. The summed E-state index contributed by atoms with van der Waals surface area (Å²) in [4.78, 5) is 10.2. The molecular weight excluding hydrogens is 406 g/mol. The number of nitrogens with zero attached hydrogens (tertiary/aromatic N) is 2. The van der Waals surface area contributed by atoms with Gasteiger partial charge in [0.1, 0.15) is 0 Å². The molecule has 2 aromatic rings. The summed E-state index contributed by atoms with van der Waals surface area (Å²) in [6.07, 6.45) is 0. The lowest BCUT2D eigenvalue weighted by atomic mass is 10.2. The molecule has 0 spiro atoms. The Morgan fingerprint density at radius 3 is 2.00 bits per heavy atom. The zero-order valence-corrected chi connectivity index (χ0v) is 17.2. The van der Waals surface area contributed by atoms with Crippen molar-refractivity contribution in [2.75, 3.05) is 17.8 Å². The Balaban J connectivity index is 2.31. The summed E-state index contributed by atoms with van der Waals surface area (Å²) in [5, 5.41) is 11.0. The van der Waals surface area contributed by atoms with Crippen molar-refractivity contribution in [1.29, 1.82) is 0 Å². The van der Waals surface area contributed by atoms with Gasteiger partial charge in [-0.25, -0.2) is 16.8 Å². The Hall–Kier alpha value is -2.50. The van der Waals surface area contributed by atoms with Crippen LogP contribution >= 0.6 is 0 Å². The second-order valence-electron chi connectivity index (χ2n) is 5.92. The number of hydrogen-bond acceptors (Lipinski definition) is 6. The number of benzene rings is 2. The molecule has 2 aromatic carbocycles. The van der Waals surface area contributed by atoms with Gasteiger partial charge in [-0.05, 0) is 37.3 Å². The summed E-state index contributed by atoms with van der Waals surface area (Å²) in [6, 6.07) is 8.88. The van der Waals surface area contributed by atoms with E-state index < -0.39 is 25.0 Å². The maximum absolute atomic E-state index is 12.5. The molecule has 9 nitrogen and oxygen atoms in total. The Morgan fingerprint density at radius 1 is 0.964 bits per heavy atom. The lowest BCUT2D eigenvalue weighted by molar-refractivity contribution is -0.385. The summed E-state index contributed by atoms with van der Waals surface area (Å²) in [7, 11) is -7.73. The maximum Gasteiger partial charge on any atom is 0.273 e. The van der Waals surface area contributed by atoms with Crippen LogP contribution in [0.25, 0.3) is 0 Å². The van der Waals surface area contributed by atoms with E-state index in [2.05, 4.69) is 4.72 Å². The summed E-state index contributed by atoms with van der Waals surface area (Å²) >= 11 is 0. The number of anilines is 1. The Bertz CT molecular complexity index is 1080. The summed E-state index contributed by atoms with van der Waals surface area (Å²) in [5.74, 6) is 0. The van der Waals surface area contributed by atoms with Gasteiger partial charge in [-0.15, -0.1) is 0 Å². The number of aryl methyl sites for hydroxylation is 1. The lowest BCUT2D eigenvalue weighted by Gasteiger charge is -2.18. The van der Waals surface area contributed by atoms with E-state index in [4.69, 9.17) is 0 Å². The van der Waals surface area contributed by atoms with Crippen molar-refractivity contribution in [2.24, 2.45) is 0 Å². The second kappa shape index (κ2) is 8.25. The van der Waals surface area contributed by atoms with E-state index in [9.17, 15) is 26.9 Å². The molecule has 0 radical (unpaired) electrons. The van der Waals surface area contributed by atoms with Crippen LogP contribution in [0.5, 0.6) is 0 Å². The standard InChI is InChI=1S/C17H21N3O6S2/c1-4-19(5-2)28(25,26)15-10-7-14(8-11-15)18-27(23,24)16-9-6-13(3)17(12-16)20(21)22/h6-12,18H,4-5H2,1-3H3. The highest BCUT2D eigenvalue weighted by molar-refractivity contribution is 7.92. The predicted molar refractivity (Wildman–Crippen MR) is 105 cm³/mol. The van der Waals surface area contributed by atoms with Gasteiger partial charge in [-0.2, -0.15) is 4.31 Å². The molecule has 0 aliphatic rings. The number of nitrogens with one attached hydrogen (secondary N) is 1. The summed E-state index contributed by atoms with van der Waals surface area (Å²) < 4.78 is 53.5. The van der Waals surface area contributed by atoms with Crippen LogP contribution in [0.4, 0.5) is 11.4 Å². The SMILES string of the molecule is CCN(CC)S(=O)(=O)c1ccc(NS(=O)(=O)c2ccc(C)c([N+](=O)[O-])c2)cc1. The zero-order valence-electron chi connectivity index (χ0n) is 15.6. The van der Waals surface area contributed by atoms with Gasteiger partial charge < -0.3 is 0 Å². The molecule has 0 bridgehead atoms. The minimum atomic E-state index is -4.07. The predicted octanol–water partition coefficient (Wildman–Crippen LogP) is 2.73. The van der Waals surface area contributed by atoms with Crippen molar-refractivity contribution < 1.29 is 21.8 Å². The fourth-order valence-corrected chi connectivity index (χ4v) is 5.11. The highest BCUT2D eigenvalue weighted by Gasteiger charge is 2.23. The summed E-state index contributed by atoms with van der Waals surface area (Å²) in [5.41, 5.74) is 0.181. The fourth-order valence-electron chi connectivity index (χ4n) is 2.57. The quantitative estimate of drug-likeness (QED) is 0.510. The van der Waals surface area contributed by atoms with E-state index in [-0.39, 0.29) is 21.2 Å². The van der Waals surface area contributed by atoms with Crippen molar-refractivity contribution in [2.45, 2.75) is 30.6 Å². The minimum Gasteiger partial charge on any atom is -0.280 e. The van der Waals surface area contributed by atoms with E-state index in [0.717, 1.165) is 6.07 Å². The largest absolute Gasteiger partial charge is 0.280 e. The molecule has 152 valence electrons. The van der Waals surface area contributed by atoms with Gasteiger partial charge in [0.25, 0.3) is 15.7 Å².